The number of hydrogen-bond donors (Lipinski definition) is 2. The van der Waals surface area contributed by atoms with Crippen LogP contribution in [0.3, 0.4) is 0 Å². The van der Waals surface area contributed by atoms with Gasteiger partial charge in [0.1, 0.15) is 12.4 Å². The van der Waals surface area contributed by atoms with Crippen LogP contribution in [0.5, 0.6) is 11.5 Å². The van der Waals surface area contributed by atoms with Crippen LogP contribution in [0.15, 0.2) is 60.1 Å². The summed E-state index contributed by atoms with van der Waals surface area (Å²) in [7, 11) is 3.17. The molecule has 2 N–H and O–H groups in total. The fourth-order valence-corrected chi connectivity index (χ4v) is 3.55. The molecule has 0 aliphatic carbocycles. The van der Waals surface area contributed by atoms with E-state index in [0.29, 0.717) is 28.7 Å². The molecule has 1 atom stereocenters. The minimum Gasteiger partial charge on any atom is -0.493 e. The van der Waals surface area contributed by atoms with Crippen LogP contribution in [0.1, 0.15) is 24.1 Å². The lowest BCUT2D eigenvalue weighted by atomic mass is 9.94. The van der Waals surface area contributed by atoms with Crippen molar-refractivity contribution in [2.24, 2.45) is 0 Å². The molecule has 1 aliphatic heterocycles. The van der Waals surface area contributed by atoms with Gasteiger partial charge >= 0.3 is 0 Å². The van der Waals surface area contributed by atoms with Crippen molar-refractivity contribution >= 4 is 17.5 Å². The lowest BCUT2D eigenvalue weighted by molar-refractivity contribution is -0.113. The van der Waals surface area contributed by atoms with Gasteiger partial charge in [-0.3, -0.25) is 4.79 Å². The lowest BCUT2D eigenvalue weighted by Crippen LogP contribution is -2.31. The van der Waals surface area contributed by atoms with Crippen molar-refractivity contribution in [3.8, 4) is 11.5 Å². The van der Waals surface area contributed by atoms with Gasteiger partial charge in [-0.15, -0.1) is 0 Å². The minimum absolute atomic E-state index is 0.218. The first-order valence-corrected chi connectivity index (χ1v) is 9.49. The highest BCUT2D eigenvalue weighted by Gasteiger charge is 2.34. The smallest absolute Gasteiger partial charge is 0.255 e. The molecule has 154 valence electrons. The maximum absolute atomic E-state index is 13.3. The molecule has 8 nitrogen and oxygen atoms in total. The maximum atomic E-state index is 13.3. The van der Waals surface area contributed by atoms with Crippen LogP contribution in [0.2, 0.25) is 0 Å². The van der Waals surface area contributed by atoms with Gasteiger partial charge in [-0.1, -0.05) is 23.8 Å². The van der Waals surface area contributed by atoms with Crippen LogP contribution in [0.25, 0.3) is 0 Å². The third-order valence-corrected chi connectivity index (χ3v) is 5.07. The molecule has 1 aromatic heterocycles. The van der Waals surface area contributed by atoms with Crippen LogP contribution in [-0.4, -0.2) is 34.9 Å². The molecule has 0 spiro atoms. The normalized spacial score (nSPS) is 15.3. The van der Waals surface area contributed by atoms with E-state index in [4.69, 9.17) is 9.47 Å². The minimum atomic E-state index is -0.478. The van der Waals surface area contributed by atoms with E-state index in [1.807, 2.05) is 56.3 Å². The van der Waals surface area contributed by atoms with Crippen LogP contribution in [0.4, 0.5) is 11.6 Å². The van der Waals surface area contributed by atoms with Crippen molar-refractivity contribution in [1.82, 2.24) is 14.8 Å². The summed E-state index contributed by atoms with van der Waals surface area (Å²) in [6.45, 7) is 3.86. The number of rotatable bonds is 5. The van der Waals surface area contributed by atoms with E-state index in [9.17, 15) is 4.79 Å². The number of nitrogens with zero attached hydrogens (tertiary/aromatic N) is 3. The van der Waals surface area contributed by atoms with Gasteiger partial charge < -0.3 is 20.1 Å². The van der Waals surface area contributed by atoms with E-state index >= 15 is 0 Å². The molecule has 2 heterocycles. The molecule has 0 bridgehead atoms. The van der Waals surface area contributed by atoms with Crippen molar-refractivity contribution in [1.29, 1.82) is 0 Å². The predicted molar refractivity (Wildman–Crippen MR) is 114 cm³/mol. The number of benzene rings is 2. The summed E-state index contributed by atoms with van der Waals surface area (Å²) >= 11 is 0. The summed E-state index contributed by atoms with van der Waals surface area (Å²) in [5.41, 5.74) is 3.93. The number of amides is 1. The van der Waals surface area contributed by atoms with Crippen molar-refractivity contribution < 1.29 is 14.3 Å². The van der Waals surface area contributed by atoms with Crippen LogP contribution >= 0.6 is 0 Å². The van der Waals surface area contributed by atoms with Crippen LogP contribution in [-0.2, 0) is 4.79 Å². The first-order chi connectivity index (χ1) is 14.5. The lowest BCUT2D eigenvalue weighted by Gasteiger charge is -2.29. The zero-order chi connectivity index (χ0) is 21.3. The van der Waals surface area contributed by atoms with Gasteiger partial charge in [-0.05, 0) is 43.7 Å². The number of allylic oxidation sites excluding steroid dienone is 1. The molecule has 0 saturated carbocycles. The van der Waals surface area contributed by atoms with Gasteiger partial charge in [0.25, 0.3) is 5.91 Å². The number of carbonyl (C=O) groups excluding carboxylic acids is 1. The van der Waals surface area contributed by atoms with Gasteiger partial charge in [0.2, 0.25) is 5.95 Å². The van der Waals surface area contributed by atoms with Gasteiger partial charge in [-0.2, -0.15) is 10.1 Å². The molecule has 1 aliphatic rings. The molecule has 3 aromatic rings. The third-order valence-electron chi connectivity index (χ3n) is 5.07. The van der Waals surface area contributed by atoms with Gasteiger partial charge in [0, 0.05) is 11.4 Å². The van der Waals surface area contributed by atoms with E-state index < -0.39 is 6.04 Å². The Morgan fingerprint density at radius 3 is 2.50 bits per heavy atom. The summed E-state index contributed by atoms with van der Waals surface area (Å²) in [4.78, 5) is 17.6. The van der Waals surface area contributed by atoms with Crippen molar-refractivity contribution in [2.45, 2.75) is 19.9 Å². The average molecular weight is 405 g/mol. The number of carbonyl (C=O) groups is 1. The maximum Gasteiger partial charge on any atom is 0.255 e. The van der Waals surface area contributed by atoms with E-state index in [-0.39, 0.29) is 5.91 Å². The Hall–Kier alpha value is -3.81. The Morgan fingerprint density at radius 1 is 1.07 bits per heavy atom. The number of aryl methyl sites for hydroxylation is 1. The highest BCUT2D eigenvalue weighted by atomic mass is 16.5. The van der Waals surface area contributed by atoms with E-state index in [1.54, 1.807) is 18.9 Å². The number of aromatic nitrogens is 3. The van der Waals surface area contributed by atoms with Crippen molar-refractivity contribution in [3.05, 3.63) is 71.2 Å². The number of ether oxygens (including phenoxy) is 2. The molecule has 4 rings (SSSR count). The number of anilines is 2. The zero-order valence-corrected chi connectivity index (χ0v) is 17.3. The van der Waals surface area contributed by atoms with E-state index in [2.05, 4.69) is 20.7 Å². The predicted octanol–water partition coefficient (Wildman–Crippen LogP) is 3.53. The first-order valence-electron chi connectivity index (χ1n) is 9.49. The molecule has 0 saturated heterocycles. The molecular weight excluding hydrogens is 382 g/mol. The Bertz CT molecular complexity index is 1120. The summed E-state index contributed by atoms with van der Waals surface area (Å²) in [5.74, 6) is 1.54. The van der Waals surface area contributed by atoms with Crippen molar-refractivity contribution in [3.63, 3.8) is 0 Å². The average Bonchev–Trinajstić information content (AvgIpc) is 3.21. The number of methoxy groups -OCH3 is 2. The van der Waals surface area contributed by atoms with Gasteiger partial charge in [0.15, 0.2) is 11.5 Å². The monoisotopic (exact) mass is 405 g/mol. The summed E-state index contributed by atoms with van der Waals surface area (Å²) in [6.07, 6.45) is 1.46. The Kier molecular flexibility index (Phi) is 5.14. The molecule has 30 heavy (non-hydrogen) atoms. The van der Waals surface area contributed by atoms with Crippen molar-refractivity contribution in [2.75, 3.05) is 24.9 Å². The number of nitrogens with one attached hydrogen (secondary N) is 2. The summed E-state index contributed by atoms with van der Waals surface area (Å²) in [6, 6.07) is 12.8. The van der Waals surface area contributed by atoms with E-state index in [1.165, 1.54) is 6.33 Å². The molecule has 0 radical (unpaired) electrons. The summed E-state index contributed by atoms with van der Waals surface area (Å²) < 4.78 is 12.5. The SMILES string of the molecule is COc1ccc(C2C(C(=O)Nc3ccc(C)cc3)=C(C)Nc3ncnn32)cc1OC. The fraction of sp³-hybridized carbons (Fsp3) is 0.227. The Labute approximate surface area is 174 Å². The second kappa shape index (κ2) is 7.90. The van der Waals surface area contributed by atoms with Gasteiger partial charge in [0.05, 0.1) is 19.8 Å². The number of fused-ring (bicyclic) bond motifs is 1. The second-order valence-corrected chi connectivity index (χ2v) is 7.03. The fourth-order valence-electron chi connectivity index (χ4n) is 3.55. The van der Waals surface area contributed by atoms with Crippen LogP contribution in [0, 0.1) is 6.92 Å². The standard InChI is InChI=1S/C22H23N5O3/c1-13-5-8-16(9-6-13)26-21(28)19-14(2)25-22-23-12-24-27(22)20(19)15-7-10-17(29-3)18(11-15)30-4/h5-12,20H,1-4H3,(H,26,28)(H,23,24,25). The summed E-state index contributed by atoms with van der Waals surface area (Å²) in [5, 5.41) is 10.5. The molecule has 1 amide bonds. The molecular formula is C22H23N5O3. The first kappa shape index (κ1) is 19.5. The largest absolute Gasteiger partial charge is 0.493 e. The third kappa shape index (κ3) is 3.47. The zero-order valence-electron chi connectivity index (χ0n) is 17.3. The van der Waals surface area contributed by atoms with Gasteiger partial charge in [-0.25, -0.2) is 4.68 Å². The topological polar surface area (TPSA) is 90.3 Å². The second-order valence-electron chi connectivity index (χ2n) is 7.03. The number of hydrogen-bond acceptors (Lipinski definition) is 6. The highest BCUT2D eigenvalue weighted by molar-refractivity contribution is 6.06. The Morgan fingerprint density at radius 2 is 1.80 bits per heavy atom. The molecule has 0 fully saturated rings. The van der Waals surface area contributed by atoms with E-state index in [0.717, 1.165) is 16.8 Å². The quantitative estimate of drug-likeness (QED) is 0.675. The molecule has 2 aromatic carbocycles. The highest BCUT2D eigenvalue weighted by Crippen LogP contribution is 2.38. The Balaban J connectivity index is 1.77. The molecule has 8 heteroatoms. The van der Waals surface area contributed by atoms with Crippen LogP contribution < -0.4 is 20.1 Å². The molecule has 1 unspecified atom stereocenters.